The molecule has 0 radical (unpaired) electrons. The predicted octanol–water partition coefficient (Wildman–Crippen LogP) is 1.70. The van der Waals surface area contributed by atoms with E-state index in [2.05, 4.69) is 30.9 Å². The summed E-state index contributed by atoms with van der Waals surface area (Å²) in [6.45, 7) is 1.69. The molecule has 1 unspecified atom stereocenters. The molecule has 0 saturated heterocycles. The van der Waals surface area contributed by atoms with Crippen LogP contribution in [0.5, 0.6) is 0 Å². The zero-order valence-corrected chi connectivity index (χ0v) is 11.7. The maximum Gasteiger partial charge on any atom is 0.0950 e. The van der Waals surface area contributed by atoms with E-state index in [9.17, 15) is 0 Å². The summed E-state index contributed by atoms with van der Waals surface area (Å²) < 4.78 is 5.17. The number of hydrogen-bond donors (Lipinski definition) is 1. The van der Waals surface area contributed by atoms with Crippen LogP contribution in [-0.2, 0) is 0 Å². The van der Waals surface area contributed by atoms with Gasteiger partial charge in [0.1, 0.15) is 0 Å². The smallest absolute Gasteiger partial charge is 0.0950 e. The monoisotopic (exact) mass is 251 g/mol. The molecule has 18 heavy (non-hydrogen) atoms. The minimum atomic E-state index is 0.251. The van der Waals surface area contributed by atoms with E-state index in [0.29, 0.717) is 12.1 Å². The average Bonchev–Trinajstić information content (AvgIpc) is 2.77. The molecular weight excluding hydrogens is 226 g/mol. The Morgan fingerprint density at radius 2 is 2.11 bits per heavy atom. The third kappa shape index (κ3) is 2.46. The molecular formula is C14H25N3O. The summed E-state index contributed by atoms with van der Waals surface area (Å²) in [4.78, 5) is 4.74. The fraction of sp³-hybridized carbons (Fsp3) is 0.714. The van der Waals surface area contributed by atoms with Crippen molar-refractivity contribution in [2.75, 3.05) is 34.2 Å². The topological polar surface area (TPSA) is 45.6 Å². The minimum Gasteiger partial charge on any atom is -0.472 e. The quantitative estimate of drug-likeness (QED) is 0.836. The largest absolute Gasteiger partial charge is 0.472 e. The Morgan fingerprint density at radius 1 is 1.39 bits per heavy atom. The number of likely N-dealkylation sites (N-methyl/N-ethyl adjacent to an activating group) is 2. The Bertz CT molecular complexity index is 357. The summed E-state index contributed by atoms with van der Waals surface area (Å²) in [5.41, 5.74) is 7.44. The highest BCUT2D eigenvalue weighted by molar-refractivity contribution is 5.13. The van der Waals surface area contributed by atoms with Crippen LogP contribution in [0.1, 0.15) is 30.9 Å². The van der Waals surface area contributed by atoms with Gasteiger partial charge in [-0.05, 0) is 46.5 Å². The number of nitrogens with zero attached hydrogens (tertiary/aromatic N) is 2. The summed E-state index contributed by atoms with van der Waals surface area (Å²) in [6, 6.07) is 2.26. The predicted molar refractivity (Wildman–Crippen MR) is 73.4 cm³/mol. The van der Waals surface area contributed by atoms with Crippen LogP contribution < -0.4 is 5.73 Å². The van der Waals surface area contributed by atoms with E-state index in [4.69, 9.17) is 10.2 Å². The van der Waals surface area contributed by atoms with Crippen molar-refractivity contribution in [3.8, 4) is 0 Å². The standard InChI is InChI=1S/C14H25N3O/c1-16(2)14(6-4-7-14)11-17(3)13(9-15)12-5-8-18-10-12/h5,8,10,13H,4,6-7,9,11,15H2,1-3H3. The van der Waals surface area contributed by atoms with Crippen LogP contribution in [0.2, 0.25) is 0 Å². The minimum absolute atomic E-state index is 0.251. The summed E-state index contributed by atoms with van der Waals surface area (Å²) in [7, 11) is 6.53. The molecule has 1 aromatic rings. The van der Waals surface area contributed by atoms with Crippen molar-refractivity contribution in [1.82, 2.24) is 9.80 Å². The van der Waals surface area contributed by atoms with Crippen LogP contribution in [0.4, 0.5) is 0 Å². The highest BCUT2D eigenvalue weighted by atomic mass is 16.3. The van der Waals surface area contributed by atoms with Crippen LogP contribution in [0.25, 0.3) is 0 Å². The van der Waals surface area contributed by atoms with E-state index >= 15 is 0 Å². The summed E-state index contributed by atoms with van der Waals surface area (Å²) in [6.07, 6.45) is 7.43. The van der Waals surface area contributed by atoms with E-state index in [1.54, 1.807) is 12.5 Å². The maximum atomic E-state index is 5.92. The second-order valence-corrected chi connectivity index (χ2v) is 5.70. The van der Waals surface area contributed by atoms with Crippen molar-refractivity contribution in [1.29, 1.82) is 0 Å². The van der Waals surface area contributed by atoms with Crippen LogP contribution in [-0.4, -0.2) is 49.6 Å². The van der Waals surface area contributed by atoms with Gasteiger partial charge in [0.15, 0.2) is 0 Å². The van der Waals surface area contributed by atoms with Crippen LogP contribution in [0, 0.1) is 0 Å². The first-order valence-corrected chi connectivity index (χ1v) is 6.69. The van der Waals surface area contributed by atoms with E-state index < -0.39 is 0 Å². The lowest BCUT2D eigenvalue weighted by molar-refractivity contribution is 0.0167. The van der Waals surface area contributed by atoms with Gasteiger partial charge in [-0.15, -0.1) is 0 Å². The Morgan fingerprint density at radius 3 is 2.50 bits per heavy atom. The molecule has 0 aliphatic heterocycles. The van der Waals surface area contributed by atoms with Gasteiger partial charge in [0.25, 0.3) is 0 Å². The first-order valence-electron chi connectivity index (χ1n) is 6.69. The van der Waals surface area contributed by atoms with E-state index in [1.165, 1.54) is 24.8 Å². The zero-order valence-electron chi connectivity index (χ0n) is 11.7. The normalized spacial score (nSPS) is 20.1. The van der Waals surface area contributed by atoms with Crippen LogP contribution in [0.3, 0.4) is 0 Å². The molecule has 1 atom stereocenters. The molecule has 1 saturated carbocycles. The van der Waals surface area contributed by atoms with Crippen LogP contribution >= 0.6 is 0 Å². The molecule has 1 aliphatic rings. The molecule has 1 fully saturated rings. The fourth-order valence-corrected chi connectivity index (χ4v) is 2.94. The lowest BCUT2D eigenvalue weighted by atomic mass is 9.75. The molecule has 0 aromatic carbocycles. The number of rotatable bonds is 6. The number of furan rings is 1. The first kappa shape index (κ1) is 13.6. The highest BCUT2D eigenvalue weighted by Gasteiger charge is 2.40. The van der Waals surface area contributed by atoms with Crippen molar-refractivity contribution in [2.24, 2.45) is 5.73 Å². The van der Waals surface area contributed by atoms with Crippen molar-refractivity contribution in [3.63, 3.8) is 0 Å². The molecule has 4 nitrogen and oxygen atoms in total. The van der Waals surface area contributed by atoms with Crippen molar-refractivity contribution < 1.29 is 4.42 Å². The Labute approximate surface area is 110 Å². The van der Waals surface area contributed by atoms with Gasteiger partial charge in [-0.1, -0.05) is 0 Å². The van der Waals surface area contributed by atoms with Crippen molar-refractivity contribution in [3.05, 3.63) is 24.2 Å². The summed E-state index contributed by atoms with van der Waals surface area (Å²) in [5, 5.41) is 0. The lowest BCUT2D eigenvalue weighted by Crippen LogP contribution is -2.57. The van der Waals surface area contributed by atoms with Crippen molar-refractivity contribution >= 4 is 0 Å². The molecule has 1 aromatic heterocycles. The SMILES string of the molecule is CN(CC1(N(C)C)CCC1)C(CN)c1ccoc1. The third-order valence-electron chi connectivity index (χ3n) is 4.46. The van der Waals surface area contributed by atoms with Gasteiger partial charge < -0.3 is 15.1 Å². The molecule has 4 heteroatoms. The highest BCUT2D eigenvalue weighted by Crippen LogP contribution is 2.38. The molecule has 0 amide bonds. The van der Waals surface area contributed by atoms with Gasteiger partial charge in [-0.3, -0.25) is 4.90 Å². The Hall–Kier alpha value is -0.840. The van der Waals surface area contributed by atoms with Gasteiger partial charge in [-0.25, -0.2) is 0 Å². The summed E-state index contributed by atoms with van der Waals surface area (Å²) >= 11 is 0. The van der Waals surface area contributed by atoms with E-state index in [1.807, 2.05) is 6.07 Å². The van der Waals surface area contributed by atoms with Crippen molar-refractivity contribution in [2.45, 2.75) is 30.8 Å². The molecule has 1 heterocycles. The fourth-order valence-electron chi connectivity index (χ4n) is 2.94. The van der Waals surface area contributed by atoms with Crippen LogP contribution in [0.15, 0.2) is 23.0 Å². The average molecular weight is 251 g/mol. The molecule has 2 N–H and O–H groups in total. The van der Waals surface area contributed by atoms with Gasteiger partial charge in [0.05, 0.1) is 12.5 Å². The van der Waals surface area contributed by atoms with Gasteiger partial charge >= 0.3 is 0 Å². The molecule has 1 aliphatic carbocycles. The van der Waals surface area contributed by atoms with Gasteiger partial charge in [-0.2, -0.15) is 0 Å². The molecule has 102 valence electrons. The molecule has 0 bridgehead atoms. The number of hydrogen-bond acceptors (Lipinski definition) is 4. The zero-order chi connectivity index (χ0) is 13.2. The molecule has 0 spiro atoms. The number of nitrogens with two attached hydrogens (primary N) is 1. The second kappa shape index (κ2) is 5.43. The third-order valence-corrected chi connectivity index (χ3v) is 4.46. The Kier molecular flexibility index (Phi) is 4.10. The first-order chi connectivity index (χ1) is 8.59. The second-order valence-electron chi connectivity index (χ2n) is 5.70. The molecule has 2 rings (SSSR count). The van der Waals surface area contributed by atoms with E-state index in [0.717, 1.165) is 6.54 Å². The van der Waals surface area contributed by atoms with E-state index in [-0.39, 0.29) is 6.04 Å². The summed E-state index contributed by atoms with van der Waals surface area (Å²) in [5.74, 6) is 0. The Balaban J connectivity index is 2.04. The lowest BCUT2D eigenvalue weighted by Gasteiger charge is -2.50. The maximum absolute atomic E-state index is 5.92. The van der Waals surface area contributed by atoms with Gasteiger partial charge in [0, 0.05) is 30.2 Å². The van der Waals surface area contributed by atoms with Gasteiger partial charge in [0.2, 0.25) is 0 Å².